The molecule has 1 aromatic heterocycles. The van der Waals surface area contributed by atoms with E-state index in [9.17, 15) is 0 Å². The molecule has 1 unspecified atom stereocenters. The molecule has 1 N–H and O–H groups in total. The normalized spacial score (nSPS) is 12.6. The quantitative estimate of drug-likeness (QED) is 0.811. The molecule has 0 aliphatic carbocycles. The molecule has 1 aromatic carbocycles. The summed E-state index contributed by atoms with van der Waals surface area (Å²) in [5, 5.41) is 4.48. The van der Waals surface area contributed by atoms with Gasteiger partial charge in [-0.05, 0) is 39.1 Å². The van der Waals surface area contributed by atoms with Gasteiger partial charge < -0.3 is 10.1 Å². The Labute approximate surface area is 132 Å². The van der Waals surface area contributed by atoms with Crippen molar-refractivity contribution in [2.45, 2.75) is 33.7 Å². The minimum absolute atomic E-state index is 0.461. The maximum atomic E-state index is 5.53. The molecule has 22 heavy (non-hydrogen) atoms. The number of benzene rings is 1. The summed E-state index contributed by atoms with van der Waals surface area (Å²) in [7, 11) is 0. The van der Waals surface area contributed by atoms with Crippen LogP contribution in [0.2, 0.25) is 0 Å². The van der Waals surface area contributed by atoms with Crippen molar-refractivity contribution in [1.29, 1.82) is 0 Å². The van der Waals surface area contributed by atoms with Crippen LogP contribution in [0.1, 0.15) is 27.7 Å². The molecular weight excluding hydrogens is 276 g/mol. The zero-order valence-corrected chi connectivity index (χ0v) is 14.0. The molecule has 0 saturated carbocycles. The highest BCUT2D eigenvalue weighted by Gasteiger charge is 2.11. The largest absolute Gasteiger partial charge is 0.494 e. The van der Waals surface area contributed by atoms with Crippen LogP contribution in [0.3, 0.4) is 0 Å². The summed E-state index contributed by atoms with van der Waals surface area (Å²) in [5.74, 6) is 1.73. The van der Waals surface area contributed by atoms with Gasteiger partial charge in [-0.3, -0.25) is 4.90 Å². The number of aromatic nitrogens is 2. The van der Waals surface area contributed by atoms with Crippen molar-refractivity contribution in [2.75, 3.05) is 31.6 Å². The van der Waals surface area contributed by atoms with E-state index < -0.39 is 0 Å². The zero-order chi connectivity index (χ0) is 15.9. The Balaban J connectivity index is 2.14. The van der Waals surface area contributed by atoms with E-state index in [1.807, 2.05) is 25.1 Å². The smallest absolute Gasteiger partial charge is 0.137 e. The summed E-state index contributed by atoms with van der Waals surface area (Å²) in [6.07, 6.45) is 1.60. The van der Waals surface area contributed by atoms with E-state index in [2.05, 4.69) is 41.0 Å². The molecule has 5 heteroatoms. The van der Waals surface area contributed by atoms with Crippen molar-refractivity contribution < 1.29 is 4.74 Å². The van der Waals surface area contributed by atoms with Crippen LogP contribution in [0, 0.1) is 0 Å². The van der Waals surface area contributed by atoms with E-state index in [0.717, 1.165) is 42.1 Å². The van der Waals surface area contributed by atoms with Crippen LogP contribution in [-0.2, 0) is 0 Å². The number of ether oxygens (including phenoxy) is 1. The minimum atomic E-state index is 0.461. The molecule has 0 spiro atoms. The average molecular weight is 302 g/mol. The van der Waals surface area contributed by atoms with Crippen LogP contribution < -0.4 is 10.1 Å². The highest BCUT2D eigenvalue weighted by molar-refractivity contribution is 5.89. The lowest BCUT2D eigenvalue weighted by Gasteiger charge is -2.26. The molecule has 0 aliphatic rings. The van der Waals surface area contributed by atoms with Crippen LogP contribution in [0.4, 0.5) is 5.82 Å². The predicted octanol–water partition coefficient (Wildman–Crippen LogP) is 3.17. The van der Waals surface area contributed by atoms with Gasteiger partial charge in [-0.15, -0.1) is 0 Å². The summed E-state index contributed by atoms with van der Waals surface area (Å²) in [4.78, 5) is 11.1. The van der Waals surface area contributed by atoms with Gasteiger partial charge in [0.25, 0.3) is 0 Å². The Morgan fingerprint density at radius 1 is 1.18 bits per heavy atom. The number of anilines is 1. The third-order valence-electron chi connectivity index (χ3n) is 3.92. The second-order valence-corrected chi connectivity index (χ2v) is 5.29. The predicted molar refractivity (Wildman–Crippen MR) is 91.6 cm³/mol. The lowest BCUT2D eigenvalue weighted by Crippen LogP contribution is -2.37. The molecule has 0 radical (unpaired) electrons. The van der Waals surface area contributed by atoms with E-state index in [0.29, 0.717) is 12.6 Å². The summed E-state index contributed by atoms with van der Waals surface area (Å²) in [6, 6.07) is 6.40. The number of nitrogens with one attached hydrogen (secondary N) is 1. The Kier molecular flexibility index (Phi) is 5.95. The number of hydrogen-bond donors (Lipinski definition) is 1. The Hall–Kier alpha value is -1.88. The first-order valence-electron chi connectivity index (χ1n) is 8.05. The maximum absolute atomic E-state index is 5.53. The molecule has 2 rings (SSSR count). The first-order chi connectivity index (χ1) is 10.7. The topological polar surface area (TPSA) is 50.3 Å². The van der Waals surface area contributed by atoms with Crippen molar-refractivity contribution in [3.63, 3.8) is 0 Å². The van der Waals surface area contributed by atoms with Gasteiger partial charge in [-0.25, -0.2) is 9.97 Å². The fraction of sp³-hybridized carbons (Fsp3) is 0.529. The number of hydrogen-bond acceptors (Lipinski definition) is 5. The summed E-state index contributed by atoms with van der Waals surface area (Å²) >= 11 is 0. The molecule has 2 aromatic rings. The van der Waals surface area contributed by atoms with Gasteiger partial charge in [0.15, 0.2) is 0 Å². The van der Waals surface area contributed by atoms with E-state index >= 15 is 0 Å². The van der Waals surface area contributed by atoms with Gasteiger partial charge in [-0.2, -0.15) is 0 Å². The number of rotatable bonds is 8. The van der Waals surface area contributed by atoms with Gasteiger partial charge in [0.1, 0.15) is 17.9 Å². The third kappa shape index (κ3) is 3.85. The van der Waals surface area contributed by atoms with Crippen molar-refractivity contribution in [1.82, 2.24) is 14.9 Å². The monoisotopic (exact) mass is 302 g/mol. The summed E-state index contributed by atoms with van der Waals surface area (Å²) < 4.78 is 5.53. The molecule has 1 heterocycles. The Morgan fingerprint density at radius 2 is 1.95 bits per heavy atom. The van der Waals surface area contributed by atoms with Gasteiger partial charge in [0, 0.05) is 24.0 Å². The molecule has 120 valence electrons. The van der Waals surface area contributed by atoms with Gasteiger partial charge >= 0.3 is 0 Å². The molecule has 0 fully saturated rings. The van der Waals surface area contributed by atoms with E-state index in [-0.39, 0.29) is 0 Å². The van der Waals surface area contributed by atoms with Gasteiger partial charge in [0.05, 0.1) is 12.1 Å². The highest BCUT2D eigenvalue weighted by atomic mass is 16.5. The van der Waals surface area contributed by atoms with Crippen LogP contribution in [0.5, 0.6) is 5.75 Å². The third-order valence-corrected chi connectivity index (χ3v) is 3.92. The van der Waals surface area contributed by atoms with Crippen molar-refractivity contribution in [3.8, 4) is 5.75 Å². The fourth-order valence-electron chi connectivity index (χ4n) is 2.65. The molecule has 0 amide bonds. The Bertz CT molecular complexity index is 598. The standard InChI is InChI=1S/C17H26N4O/c1-5-21(6-2)13(4)11-18-17-15-9-8-14(22-7-3)10-16(15)19-12-20-17/h8-10,12-13H,5-7,11H2,1-4H3,(H,18,19,20). The number of fused-ring (bicyclic) bond motifs is 1. The van der Waals surface area contributed by atoms with E-state index in [4.69, 9.17) is 4.74 Å². The van der Waals surface area contributed by atoms with E-state index in [1.54, 1.807) is 6.33 Å². The van der Waals surface area contributed by atoms with Crippen LogP contribution in [-0.4, -0.2) is 47.2 Å². The van der Waals surface area contributed by atoms with Crippen LogP contribution in [0.25, 0.3) is 10.9 Å². The van der Waals surface area contributed by atoms with E-state index in [1.165, 1.54) is 0 Å². The highest BCUT2D eigenvalue weighted by Crippen LogP contribution is 2.23. The second-order valence-electron chi connectivity index (χ2n) is 5.29. The van der Waals surface area contributed by atoms with Gasteiger partial charge in [-0.1, -0.05) is 13.8 Å². The molecular formula is C17H26N4O. The fourth-order valence-corrected chi connectivity index (χ4v) is 2.65. The van der Waals surface area contributed by atoms with Crippen molar-refractivity contribution in [2.24, 2.45) is 0 Å². The lowest BCUT2D eigenvalue weighted by molar-refractivity contribution is 0.240. The number of nitrogens with zero attached hydrogens (tertiary/aromatic N) is 3. The first-order valence-corrected chi connectivity index (χ1v) is 8.05. The first kappa shape index (κ1) is 16.5. The Morgan fingerprint density at radius 3 is 2.64 bits per heavy atom. The summed E-state index contributed by atoms with van der Waals surface area (Å²) in [6.45, 7) is 12.2. The van der Waals surface area contributed by atoms with Crippen molar-refractivity contribution in [3.05, 3.63) is 24.5 Å². The SMILES string of the molecule is CCOc1ccc2c(NCC(C)N(CC)CC)ncnc2c1. The molecule has 1 atom stereocenters. The lowest BCUT2D eigenvalue weighted by atomic mass is 10.2. The number of likely N-dealkylation sites (N-methyl/N-ethyl adjacent to an activating group) is 1. The molecule has 5 nitrogen and oxygen atoms in total. The second kappa shape index (κ2) is 7.94. The van der Waals surface area contributed by atoms with Crippen LogP contribution in [0.15, 0.2) is 24.5 Å². The van der Waals surface area contributed by atoms with Gasteiger partial charge in [0.2, 0.25) is 0 Å². The average Bonchev–Trinajstić information content (AvgIpc) is 2.54. The van der Waals surface area contributed by atoms with Crippen molar-refractivity contribution >= 4 is 16.7 Å². The molecule has 0 aliphatic heterocycles. The van der Waals surface area contributed by atoms with Crippen LogP contribution >= 0.6 is 0 Å². The summed E-state index contributed by atoms with van der Waals surface area (Å²) in [5.41, 5.74) is 0.902. The molecule has 0 bridgehead atoms. The minimum Gasteiger partial charge on any atom is -0.494 e. The molecule has 0 saturated heterocycles. The maximum Gasteiger partial charge on any atom is 0.137 e. The zero-order valence-electron chi connectivity index (χ0n) is 14.0.